The lowest BCUT2D eigenvalue weighted by Crippen LogP contribution is -2.43. The highest BCUT2D eigenvalue weighted by atomic mass is 35.5. The summed E-state index contributed by atoms with van der Waals surface area (Å²) >= 11 is 5.97. The van der Waals surface area contributed by atoms with Crippen LogP contribution in [0, 0.1) is 0 Å². The molecule has 2 saturated heterocycles. The predicted octanol–water partition coefficient (Wildman–Crippen LogP) is 2.62. The quantitative estimate of drug-likeness (QED) is 0.916. The molecule has 132 valence electrons. The van der Waals surface area contributed by atoms with Crippen molar-refractivity contribution < 1.29 is 9.53 Å². The van der Waals surface area contributed by atoms with Crippen LogP contribution in [0.3, 0.4) is 0 Å². The fraction of sp³-hybridized carbons (Fsp3) is 0.421. The zero-order valence-corrected chi connectivity index (χ0v) is 14.9. The second kappa shape index (κ2) is 6.83. The van der Waals surface area contributed by atoms with Gasteiger partial charge in [-0.25, -0.2) is 0 Å². The van der Waals surface area contributed by atoms with E-state index in [0.717, 1.165) is 19.5 Å². The molecule has 6 heteroatoms. The van der Waals surface area contributed by atoms with Crippen LogP contribution in [-0.2, 0) is 11.8 Å². The van der Waals surface area contributed by atoms with E-state index in [0.29, 0.717) is 23.4 Å². The monoisotopic (exact) mass is 359 g/mol. The molecule has 2 aliphatic heterocycles. The Morgan fingerprint density at radius 1 is 1.28 bits per heavy atom. The lowest BCUT2D eigenvalue weighted by Gasteiger charge is -2.35. The number of aryl methyl sites for hydroxylation is 1. The molecular weight excluding hydrogens is 338 g/mol. The first-order chi connectivity index (χ1) is 12.1. The molecule has 0 aliphatic carbocycles. The first-order valence-corrected chi connectivity index (χ1v) is 9.01. The van der Waals surface area contributed by atoms with E-state index in [1.54, 1.807) is 16.8 Å². The van der Waals surface area contributed by atoms with Gasteiger partial charge in [-0.2, -0.15) is 0 Å². The van der Waals surface area contributed by atoms with Crippen molar-refractivity contribution in [2.75, 3.05) is 19.7 Å². The van der Waals surface area contributed by atoms with Crippen molar-refractivity contribution in [2.45, 2.75) is 24.6 Å². The van der Waals surface area contributed by atoms with E-state index >= 15 is 0 Å². The van der Waals surface area contributed by atoms with Gasteiger partial charge in [-0.15, -0.1) is 0 Å². The van der Waals surface area contributed by atoms with Gasteiger partial charge in [0.1, 0.15) is 5.69 Å². The fourth-order valence-electron chi connectivity index (χ4n) is 3.86. The minimum Gasteiger partial charge on any atom is -0.371 e. The molecule has 2 fully saturated rings. The van der Waals surface area contributed by atoms with Gasteiger partial charge >= 0.3 is 0 Å². The summed E-state index contributed by atoms with van der Waals surface area (Å²) in [5.74, 6) is -0.0697. The topological polar surface area (TPSA) is 46.5 Å². The summed E-state index contributed by atoms with van der Waals surface area (Å²) in [6, 6.07) is 12.6. The van der Waals surface area contributed by atoms with Crippen molar-refractivity contribution in [3.05, 3.63) is 58.9 Å². The molecule has 3 heterocycles. The second-order valence-electron chi connectivity index (χ2n) is 6.90. The highest BCUT2D eigenvalue weighted by molar-refractivity contribution is 6.31. The Hall–Kier alpha value is -1.82. The summed E-state index contributed by atoms with van der Waals surface area (Å²) in [5, 5.41) is 3.72. The van der Waals surface area contributed by atoms with Crippen LogP contribution in [0.5, 0.6) is 0 Å². The van der Waals surface area contributed by atoms with E-state index in [-0.39, 0.29) is 18.1 Å². The third-order valence-electron chi connectivity index (χ3n) is 5.13. The minimum absolute atomic E-state index is 0.0697. The van der Waals surface area contributed by atoms with Crippen LogP contribution >= 0.6 is 11.6 Å². The molecule has 0 saturated carbocycles. The average Bonchev–Trinajstić information content (AvgIpc) is 3.16. The van der Waals surface area contributed by atoms with Gasteiger partial charge in [0.25, 0.3) is 5.91 Å². The summed E-state index contributed by atoms with van der Waals surface area (Å²) < 4.78 is 7.82. The predicted molar refractivity (Wildman–Crippen MR) is 96.8 cm³/mol. The maximum atomic E-state index is 12.5. The third kappa shape index (κ3) is 3.45. The number of halogens is 1. The molecule has 1 aromatic carbocycles. The van der Waals surface area contributed by atoms with Crippen molar-refractivity contribution in [1.29, 1.82) is 0 Å². The van der Waals surface area contributed by atoms with Gasteiger partial charge in [-0.3, -0.25) is 9.69 Å². The molecule has 1 aromatic heterocycles. The van der Waals surface area contributed by atoms with Gasteiger partial charge in [0.05, 0.1) is 17.7 Å². The molecule has 1 amide bonds. The lowest BCUT2D eigenvalue weighted by molar-refractivity contribution is -0.0502. The number of nitrogens with zero attached hydrogens (tertiary/aromatic N) is 2. The number of amides is 1. The molecule has 0 radical (unpaired) electrons. The minimum atomic E-state index is -0.0697. The summed E-state index contributed by atoms with van der Waals surface area (Å²) in [6.45, 7) is 2.44. The molecule has 1 N–H and O–H groups in total. The van der Waals surface area contributed by atoms with E-state index in [2.05, 4.69) is 22.3 Å². The van der Waals surface area contributed by atoms with Gasteiger partial charge in [-0.05, 0) is 18.1 Å². The van der Waals surface area contributed by atoms with E-state index in [1.165, 1.54) is 5.56 Å². The molecule has 0 spiro atoms. The van der Waals surface area contributed by atoms with Gasteiger partial charge in [0.2, 0.25) is 0 Å². The zero-order chi connectivity index (χ0) is 17.4. The molecule has 3 atom stereocenters. The summed E-state index contributed by atoms with van der Waals surface area (Å²) in [4.78, 5) is 14.9. The van der Waals surface area contributed by atoms with Crippen molar-refractivity contribution in [1.82, 2.24) is 14.8 Å². The lowest BCUT2D eigenvalue weighted by atomic mass is 10.1. The summed E-state index contributed by atoms with van der Waals surface area (Å²) in [5.41, 5.74) is 1.81. The number of fused-ring (bicyclic) bond motifs is 1. The number of benzene rings is 1. The standard InChI is InChI=1S/C19H22ClN3O2/c1-22-9-14(20)7-17(22)19(24)21-15-8-16-12-25-18(11-23(16)10-15)13-5-3-2-4-6-13/h2-7,9,15-16,18H,8,10-12H2,1H3,(H,21,24)/t15-,16+,18-/m1/s1. The maximum absolute atomic E-state index is 12.5. The van der Waals surface area contributed by atoms with Crippen LogP contribution in [0.25, 0.3) is 0 Å². The van der Waals surface area contributed by atoms with Crippen molar-refractivity contribution >= 4 is 17.5 Å². The van der Waals surface area contributed by atoms with Crippen LogP contribution in [0.4, 0.5) is 0 Å². The largest absolute Gasteiger partial charge is 0.371 e. The highest BCUT2D eigenvalue weighted by Gasteiger charge is 2.38. The molecule has 0 unspecified atom stereocenters. The Morgan fingerprint density at radius 3 is 2.80 bits per heavy atom. The molecular formula is C19H22ClN3O2. The Balaban J connectivity index is 1.38. The molecule has 4 rings (SSSR count). The van der Waals surface area contributed by atoms with E-state index in [4.69, 9.17) is 16.3 Å². The number of ether oxygens (including phenoxy) is 1. The SMILES string of the molecule is Cn1cc(Cl)cc1C(=O)N[C@@H]1C[C@H]2CO[C@@H](c3ccccc3)CN2C1. The Labute approximate surface area is 152 Å². The van der Waals surface area contributed by atoms with E-state index < -0.39 is 0 Å². The Kier molecular flexibility index (Phi) is 4.54. The van der Waals surface area contributed by atoms with Crippen molar-refractivity contribution in [3.8, 4) is 0 Å². The second-order valence-corrected chi connectivity index (χ2v) is 7.34. The van der Waals surface area contributed by atoms with Crippen molar-refractivity contribution in [3.63, 3.8) is 0 Å². The van der Waals surface area contributed by atoms with Gasteiger partial charge in [-0.1, -0.05) is 41.9 Å². The molecule has 5 nitrogen and oxygen atoms in total. The first kappa shape index (κ1) is 16.6. The van der Waals surface area contributed by atoms with E-state index in [1.807, 2.05) is 25.2 Å². The zero-order valence-electron chi connectivity index (χ0n) is 14.2. The van der Waals surface area contributed by atoms with Gasteiger partial charge < -0.3 is 14.6 Å². The van der Waals surface area contributed by atoms with E-state index in [9.17, 15) is 4.79 Å². The molecule has 25 heavy (non-hydrogen) atoms. The number of hydrogen-bond acceptors (Lipinski definition) is 3. The first-order valence-electron chi connectivity index (χ1n) is 8.63. The number of hydrogen-bond donors (Lipinski definition) is 1. The Morgan fingerprint density at radius 2 is 2.08 bits per heavy atom. The summed E-state index contributed by atoms with van der Waals surface area (Å²) in [6.07, 6.45) is 2.77. The normalized spacial score (nSPS) is 26.4. The van der Waals surface area contributed by atoms with Crippen LogP contribution < -0.4 is 5.32 Å². The molecule has 0 bridgehead atoms. The van der Waals surface area contributed by atoms with Crippen LogP contribution in [0.15, 0.2) is 42.6 Å². The number of carbonyl (C=O) groups is 1. The number of rotatable bonds is 3. The van der Waals surface area contributed by atoms with Gasteiger partial charge in [0.15, 0.2) is 0 Å². The summed E-state index contributed by atoms with van der Waals surface area (Å²) in [7, 11) is 1.83. The smallest absolute Gasteiger partial charge is 0.268 e. The van der Waals surface area contributed by atoms with Gasteiger partial charge in [0, 0.05) is 38.4 Å². The average molecular weight is 360 g/mol. The number of carbonyl (C=O) groups excluding carboxylic acids is 1. The van der Waals surface area contributed by atoms with Crippen LogP contribution in [0.1, 0.15) is 28.6 Å². The van der Waals surface area contributed by atoms with Crippen LogP contribution in [-0.4, -0.2) is 47.2 Å². The number of morpholine rings is 1. The highest BCUT2D eigenvalue weighted by Crippen LogP contribution is 2.30. The number of aromatic nitrogens is 1. The molecule has 2 aliphatic rings. The molecule has 2 aromatic rings. The fourth-order valence-corrected chi connectivity index (χ4v) is 4.11. The number of nitrogens with one attached hydrogen (secondary N) is 1. The Bertz CT molecular complexity index is 761. The third-order valence-corrected chi connectivity index (χ3v) is 5.34. The maximum Gasteiger partial charge on any atom is 0.268 e. The van der Waals surface area contributed by atoms with Crippen molar-refractivity contribution in [2.24, 2.45) is 7.05 Å². The van der Waals surface area contributed by atoms with Crippen LogP contribution in [0.2, 0.25) is 5.02 Å².